The molecule has 0 heterocycles. The summed E-state index contributed by atoms with van der Waals surface area (Å²) in [7, 11) is 0. The lowest BCUT2D eigenvalue weighted by Crippen LogP contribution is -2.41. The molecule has 0 unspecified atom stereocenters. The molecule has 0 saturated heterocycles. The van der Waals surface area contributed by atoms with Crippen molar-refractivity contribution in [3.05, 3.63) is 26.8 Å². The Balaban J connectivity index is 1.84. The van der Waals surface area contributed by atoms with Gasteiger partial charge in [-0.05, 0) is 66.5 Å². The van der Waals surface area contributed by atoms with E-state index in [1.165, 1.54) is 0 Å². The molecule has 2 rings (SSSR count). The van der Waals surface area contributed by atoms with Gasteiger partial charge in [-0.15, -0.1) is 0 Å². The van der Waals surface area contributed by atoms with E-state index in [9.17, 15) is 9.59 Å². The molecule has 114 valence electrons. The zero-order chi connectivity index (χ0) is 15.4. The fraction of sp³-hybridized carbons (Fsp3) is 0.429. The van der Waals surface area contributed by atoms with Gasteiger partial charge in [0.05, 0.1) is 16.6 Å². The standard InChI is InChI=1S/C14H16ClIN2O3/c15-11-7-9(16)3-6-12(11)18-14(21)17-10-4-1-8(2-5-10)13(19)20/h3,6-8,10H,1-2,4-5H2,(H,19,20)(H2,17,18,21). The van der Waals surface area contributed by atoms with E-state index < -0.39 is 5.97 Å². The first-order valence-electron chi connectivity index (χ1n) is 6.71. The summed E-state index contributed by atoms with van der Waals surface area (Å²) in [6.45, 7) is 0. The number of aliphatic carboxylic acids is 1. The maximum atomic E-state index is 11.9. The fourth-order valence-corrected chi connectivity index (χ4v) is 3.32. The van der Waals surface area contributed by atoms with Crippen LogP contribution in [-0.2, 0) is 4.79 Å². The van der Waals surface area contributed by atoms with Gasteiger partial charge < -0.3 is 15.7 Å². The zero-order valence-electron chi connectivity index (χ0n) is 11.2. The first-order chi connectivity index (χ1) is 9.95. The smallest absolute Gasteiger partial charge is 0.319 e. The summed E-state index contributed by atoms with van der Waals surface area (Å²) in [6, 6.07) is 5.10. The summed E-state index contributed by atoms with van der Waals surface area (Å²) in [6.07, 6.45) is 2.57. The Morgan fingerprint density at radius 1 is 1.24 bits per heavy atom. The second-order valence-electron chi connectivity index (χ2n) is 5.11. The van der Waals surface area contributed by atoms with Crippen LogP contribution < -0.4 is 10.6 Å². The summed E-state index contributed by atoms with van der Waals surface area (Å²) in [4.78, 5) is 22.8. The zero-order valence-corrected chi connectivity index (χ0v) is 14.1. The van der Waals surface area contributed by atoms with E-state index in [0.29, 0.717) is 36.4 Å². The lowest BCUT2D eigenvalue weighted by Gasteiger charge is -2.26. The predicted molar refractivity (Wildman–Crippen MR) is 89.7 cm³/mol. The highest BCUT2D eigenvalue weighted by Gasteiger charge is 2.26. The summed E-state index contributed by atoms with van der Waals surface area (Å²) >= 11 is 8.20. The van der Waals surface area contributed by atoms with Gasteiger partial charge in [-0.25, -0.2) is 4.79 Å². The summed E-state index contributed by atoms with van der Waals surface area (Å²) < 4.78 is 0.996. The molecule has 0 aromatic heterocycles. The largest absolute Gasteiger partial charge is 0.481 e. The number of urea groups is 1. The van der Waals surface area contributed by atoms with Crippen LogP contribution in [0.15, 0.2) is 18.2 Å². The van der Waals surface area contributed by atoms with Gasteiger partial charge in [0.15, 0.2) is 0 Å². The number of carboxylic acid groups (broad SMARTS) is 1. The van der Waals surface area contributed by atoms with Crippen LogP contribution in [0, 0.1) is 9.49 Å². The van der Waals surface area contributed by atoms with Crippen molar-refractivity contribution in [3.63, 3.8) is 0 Å². The molecule has 0 radical (unpaired) electrons. The maximum Gasteiger partial charge on any atom is 0.319 e. The minimum Gasteiger partial charge on any atom is -0.481 e. The number of hydrogen-bond acceptors (Lipinski definition) is 2. The quantitative estimate of drug-likeness (QED) is 0.650. The number of rotatable bonds is 3. The molecule has 1 aromatic carbocycles. The number of carbonyl (C=O) groups is 2. The first-order valence-corrected chi connectivity index (χ1v) is 8.16. The molecule has 1 fully saturated rings. The molecule has 0 aliphatic heterocycles. The third-order valence-corrected chi connectivity index (χ3v) is 4.57. The van der Waals surface area contributed by atoms with Crippen LogP contribution in [0.3, 0.4) is 0 Å². The van der Waals surface area contributed by atoms with E-state index in [1.807, 2.05) is 6.07 Å². The summed E-state index contributed by atoms with van der Waals surface area (Å²) in [5.41, 5.74) is 0.564. The van der Waals surface area contributed by atoms with Gasteiger partial charge in [-0.2, -0.15) is 0 Å². The number of amides is 2. The van der Waals surface area contributed by atoms with Gasteiger partial charge in [0.2, 0.25) is 0 Å². The molecule has 5 nitrogen and oxygen atoms in total. The molecule has 1 aliphatic carbocycles. The van der Waals surface area contributed by atoms with E-state index in [1.54, 1.807) is 12.1 Å². The highest BCUT2D eigenvalue weighted by Crippen LogP contribution is 2.26. The van der Waals surface area contributed by atoms with E-state index in [4.69, 9.17) is 16.7 Å². The Kier molecular flexibility index (Phi) is 5.69. The molecule has 0 atom stereocenters. The number of halogens is 2. The molecule has 1 saturated carbocycles. The molecule has 21 heavy (non-hydrogen) atoms. The highest BCUT2D eigenvalue weighted by atomic mass is 127. The summed E-state index contributed by atoms with van der Waals surface area (Å²) in [5.74, 6) is -1.03. The monoisotopic (exact) mass is 422 g/mol. The van der Waals surface area contributed by atoms with Crippen LogP contribution in [-0.4, -0.2) is 23.1 Å². The lowest BCUT2D eigenvalue weighted by molar-refractivity contribution is -0.142. The van der Waals surface area contributed by atoms with E-state index in [-0.39, 0.29) is 18.0 Å². The second kappa shape index (κ2) is 7.31. The Bertz CT molecular complexity index is 545. The molecule has 3 N–H and O–H groups in total. The number of benzene rings is 1. The van der Waals surface area contributed by atoms with Crippen molar-refractivity contribution >= 4 is 51.9 Å². The fourth-order valence-electron chi connectivity index (χ4n) is 2.42. The van der Waals surface area contributed by atoms with Gasteiger partial charge in [0.1, 0.15) is 0 Å². The van der Waals surface area contributed by atoms with Crippen LogP contribution in [0.5, 0.6) is 0 Å². The SMILES string of the molecule is O=C(Nc1ccc(I)cc1Cl)NC1CCC(C(=O)O)CC1. The lowest BCUT2D eigenvalue weighted by atomic mass is 9.86. The second-order valence-corrected chi connectivity index (χ2v) is 6.76. The van der Waals surface area contributed by atoms with Gasteiger partial charge in [-0.1, -0.05) is 11.6 Å². The van der Waals surface area contributed by atoms with Crippen LogP contribution >= 0.6 is 34.2 Å². The molecule has 1 aliphatic rings. The maximum absolute atomic E-state index is 11.9. The van der Waals surface area contributed by atoms with Crippen LogP contribution in [0.2, 0.25) is 5.02 Å². The van der Waals surface area contributed by atoms with Crippen molar-refractivity contribution in [3.8, 4) is 0 Å². The normalized spacial score (nSPS) is 21.6. The van der Waals surface area contributed by atoms with Gasteiger partial charge >= 0.3 is 12.0 Å². The molecule has 2 amide bonds. The van der Waals surface area contributed by atoms with Gasteiger partial charge in [0.25, 0.3) is 0 Å². The highest BCUT2D eigenvalue weighted by molar-refractivity contribution is 14.1. The Morgan fingerprint density at radius 3 is 2.48 bits per heavy atom. The van der Waals surface area contributed by atoms with Crippen LogP contribution in [0.4, 0.5) is 10.5 Å². The van der Waals surface area contributed by atoms with E-state index in [2.05, 4.69) is 33.2 Å². The first kappa shape index (κ1) is 16.4. The van der Waals surface area contributed by atoms with Gasteiger partial charge in [0, 0.05) is 9.61 Å². The van der Waals surface area contributed by atoms with Crippen LogP contribution in [0.25, 0.3) is 0 Å². The van der Waals surface area contributed by atoms with E-state index in [0.717, 1.165) is 3.57 Å². The minimum absolute atomic E-state index is 0.0169. The molecule has 7 heteroatoms. The molecule has 0 bridgehead atoms. The average Bonchev–Trinajstić information content (AvgIpc) is 2.42. The van der Waals surface area contributed by atoms with Crippen molar-refractivity contribution in [2.75, 3.05) is 5.32 Å². The average molecular weight is 423 g/mol. The minimum atomic E-state index is -0.747. The van der Waals surface area contributed by atoms with Crippen molar-refractivity contribution in [1.82, 2.24) is 5.32 Å². The summed E-state index contributed by atoms with van der Waals surface area (Å²) in [5, 5.41) is 15.0. The number of nitrogens with one attached hydrogen (secondary N) is 2. The third kappa shape index (κ3) is 4.74. The predicted octanol–water partition coefficient (Wildman–Crippen LogP) is 3.71. The Morgan fingerprint density at radius 2 is 1.90 bits per heavy atom. The van der Waals surface area contributed by atoms with Crippen molar-refractivity contribution in [1.29, 1.82) is 0 Å². The molecular formula is C14H16ClIN2O3. The number of carbonyl (C=O) groups excluding carboxylic acids is 1. The Hall–Kier alpha value is -1.02. The Labute approximate surface area is 141 Å². The molecular weight excluding hydrogens is 407 g/mol. The number of anilines is 1. The van der Waals surface area contributed by atoms with Gasteiger partial charge in [-0.3, -0.25) is 4.79 Å². The molecule has 1 aromatic rings. The van der Waals surface area contributed by atoms with Crippen molar-refractivity contribution in [2.24, 2.45) is 5.92 Å². The topological polar surface area (TPSA) is 78.4 Å². The number of hydrogen-bond donors (Lipinski definition) is 3. The molecule has 0 spiro atoms. The van der Waals surface area contributed by atoms with E-state index >= 15 is 0 Å². The van der Waals surface area contributed by atoms with Crippen molar-refractivity contribution in [2.45, 2.75) is 31.7 Å². The van der Waals surface area contributed by atoms with Crippen molar-refractivity contribution < 1.29 is 14.7 Å². The van der Waals surface area contributed by atoms with Crippen LogP contribution in [0.1, 0.15) is 25.7 Å². The number of carboxylic acids is 1. The third-order valence-electron chi connectivity index (χ3n) is 3.59.